The third-order valence-corrected chi connectivity index (χ3v) is 33.6. The van der Waals surface area contributed by atoms with Crippen molar-refractivity contribution in [3.63, 3.8) is 0 Å². The van der Waals surface area contributed by atoms with E-state index < -0.39 is 84.0 Å². The summed E-state index contributed by atoms with van der Waals surface area (Å²) in [6.45, 7) is 13.8. The first kappa shape index (κ1) is 109. The molecule has 0 unspecified atom stereocenters. The monoisotopic (exact) mass is 2100 g/mol. The van der Waals surface area contributed by atoms with E-state index in [2.05, 4.69) is 101 Å². The van der Waals surface area contributed by atoms with Crippen molar-refractivity contribution in [2.45, 2.75) is 123 Å². The molecule has 0 bridgehead atoms. The zero-order valence-electron chi connectivity index (χ0n) is 84.8. The van der Waals surface area contributed by atoms with E-state index in [4.69, 9.17) is 56.8 Å². The lowest BCUT2D eigenvalue weighted by atomic mass is 10.1. The minimum atomic E-state index is -3.73. The molecule has 12 heterocycles. The van der Waals surface area contributed by atoms with Crippen LogP contribution >= 0.6 is 0 Å². The third-order valence-electron chi connectivity index (χ3n) is 24.8. The van der Waals surface area contributed by atoms with Crippen LogP contribution in [-0.2, 0) is 62.4 Å². The molecule has 776 valence electrons. The Hall–Kier alpha value is -16.2. The highest BCUT2D eigenvalue weighted by Crippen LogP contribution is 2.44. The normalized spacial score (nSPS) is 13.1. The van der Waals surface area contributed by atoms with Crippen molar-refractivity contribution in [2.24, 2.45) is 0 Å². The Morgan fingerprint density at radius 3 is 0.547 bits per heavy atom. The van der Waals surface area contributed by atoms with Crippen molar-refractivity contribution < 1.29 is 90.5 Å². The number of nitrogens with zero attached hydrogens (tertiary/aromatic N) is 24. The number of hydrogen-bond donors (Lipinski definition) is 0. The molecule has 8 atom stereocenters. The topological polar surface area (TPSA) is 525 Å². The molecule has 0 aliphatic heterocycles. The standard InChI is InChI=1S/4C25H28N6O5S/c4*1-16(19-13-28-23(36-5)14-27-19)17(2)37(32,33)15-22-29-30-25(18-8-7-11-26-12-18)31(22)24-20(34-3)9-6-10-21(24)35-4/h4*6-14,16-17H,15H2,1-5H3/t2*16-,17+;2*16-,17-/m1010/s1. The number of rotatable bonds is 40. The smallest absolute Gasteiger partial charge is 0.231 e. The fraction of sp³-hybridized carbons (Fsp3) is 0.320. The van der Waals surface area contributed by atoms with Crippen LogP contribution < -0.4 is 56.8 Å². The van der Waals surface area contributed by atoms with Crippen molar-refractivity contribution in [2.75, 3.05) is 85.3 Å². The van der Waals surface area contributed by atoms with Gasteiger partial charge >= 0.3 is 0 Å². The predicted molar refractivity (Wildman–Crippen MR) is 547 cm³/mol. The van der Waals surface area contributed by atoms with Gasteiger partial charge in [0.15, 0.2) is 85.9 Å². The fourth-order valence-electron chi connectivity index (χ4n) is 15.6. The maximum atomic E-state index is 13.6. The largest absolute Gasteiger partial charge is 0.494 e. The zero-order chi connectivity index (χ0) is 106. The Kier molecular flexibility index (Phi) is 36.2. The van der Waals surface area contributed by atoms with E-state index in [0.717, 1.165) is 0 Å². The van der Waals surface area contributed by atoms with E-state index in [1.807, 2.05) is 24.3 Å². The first-order valence-electron chi connectivity index (χ1n) is 45.8. The van der Waals surface area contributed by atoms with E-state index >= 15 is 0 Å². The first-order chi connectivity index (χ1) is 71.2. The Labute approximate surface area is 856 Å². The number of pyridine rings is 4. The molecule has 48 heteroatoms. The van der Waals surface area contributed by atoms with Gasteiger partial charge in [0.05, 0.1) is 179 Å². The lowest BCUT2D eigenvalue weighted by Crippen LogP contribution is -2.27. The molecule has 4 aromatic carbocycles. The number of hydrogen-bond acceptors (Lipinski definition) is 40. The zero-order valence-corrected chi connectivity index (χ0v) is 88.0. The molecule has 148 heavy (non-hydrogen) atoms. The lowest BCUT2D eigenvalue weighted by molar-refractivity contribution is 0.390. The summed E-state index contributed by atoms with van der Waals surface area (Å²) in [5.41, 5.74) is 6.74. The van der Waals surface area contributed by atoms with Gasteiger partial charge in [-0.1, -0.05) is 52.0 Å². The quantitative estimate of drug-likeness (QED) is 0.0344. The number of sulfone groups is 4. The van der Waals surface area contributed by atoms with Crippen molar-refractivity contribution >= 4 is 39.3 Å². The van der Waals surface area contributed by atoms with Crippen molar-refractivity contribution in [1.29, 1.82) is 0 Å². The molecular formula is C100H112N24O20S4. The van der Waals surface area contributed by atoms with Gasteiger partial charge < -0.3 is 56.8 Å². The molecular weight excluding hydrogens is 1990 g/mol. The van der Waals surface area contributed by atoms with Crippen LogP contribution in [0.25, 0.3) is 68.3 Å². The Morgan fingerprint density at radius 1 is 0.223 bits per heavy atom. The van der Waals surface area contributed by atoms with Crippen LogP contribution in [-0.4, -0.2) is 259 Å². The van der Waals surface area contributed by atoms with Crippen molar-refractivity contribution in [3.8, 4) is 138 Å². The molecule has 16 aromatic rings. The fourth-order valence-corrected chi connectivity index (χ4v) is 21.9. The molecule has 0 spiro atoms. The number of benzene rings is 4. The van der Waals surface area contributed by atoms with Crippen LogP contribution in [0.1, 0.15) is 125 Å². The lowest BCUT2D eigenvalue weighted by Gasteiger charge is -2.21. The van der Waals surface area contributed by atoms with Crippen LogP contribution in [0.4, 0.5) is 0 Å². The molecule has 0 saturated carbocycles. The highest BCUT2D eigenvalue weighted by atomic mass is 32.2. The Balaban J connectivity index is 0.000000165. The SMILES string of the molecule is COc1cnc([C@@H](C)[C@@H](C)S(=O)(=O)Cc2nnc(-c3cccnc3)n2-c2c(OC)cccc2OC)cn1.COc1cnc([C@@H](C)[C@H](C)S(=O)(=O)Cc2nnc(-c3cccnc3)n2-c2c(OC)cccc2OC)cn1.COc1cnc([C@H](C)[C@@H](C)S(=O)(=O)Cc2nnc(-c3cccnc3)n2-c2c(OC)cccc2OC)cn1.COc1cnc([C@H](C)[C@H](C)S(=O)(=O)Cc2nnc(-c3cccnc3)n2-c2c(OC)cccc2OC)cn1. The summed E-state index contributed by atoms with van der Waals surface area (Å²) < 4.78 is 181. The molecule has 0 fully saturated rings. The summed E-state index contributed by atoms with van der Waals surface area (Å²) in [7, 11) is 3.28. The minimum absolute atomic E-state index is 0.210. The number of ether oxygens (including phenoxy) is 12. The van der Waals surface area contributed by atoms with E-state index in [1.165, 1.54) is 135 Å². The summed E-state index contributed by atoms with van der Waals surface area (Å²) in [5, 5.41) is 31.4. The van der Waals surface area contributed by atoms with E-state index in [0.29, 0.717) is 161 Å². The van der Waals surface area contributed by atoms with Gasteiger partial charge in [-0.25, -0.2) is 53.6 Å². The van der Waals surface area contributed by atoms with Crippen molar-refractivity contribution in [3.05, 3.63) is 267 Å². The molecule has 0 radical (unpaired) electrons. The first-order valence-corrected chi connectivity index (χ1v) is 52.6. The average molecular weight is 2100 g/mol. The Morgan fingerprint density at radius 2 is 0.405 bits per heavy atom. The van der Waals surface area contributed by atoms with Crippen LogP contribution in [0.2, 0.25) is 0 Å². The van der Waals surface area contributed by atoms with Crippen LogP contribution in [0.5, 0.6) is 69.5 Å². The summed E-state index contributed by atoms with van der Waals surface area (Å²) in [5.74, 6) is 4.40. The highest BCUT2D eigenvalue weighted by molar-refractivity contribution is 7.92. The molecule has 0 aliphatic rings. The van der Waals surface area contributed by atoms with Gasteiger partial charge in [0, 0.05) is 95.5 Å². The summed E-state index contributed by atoms with van der Waals surface area (Å²) in [6.07, 6.45) is 25.1. The summed E-state index contributed by atoms with van der Waals surface area (Å²) in [4.78, 5) is 50.6. The van der Waals surface area contributed by atoms with Crippen LogP contribution in [0.3, 0.4) is 0 Å². The second kappa shape index (κ2) is 49.1. The predicted octanol–water partition coefficient (Wildman–Crippen LogP) is 13.0. The number of para-hydroxylation sites is 4. The van der Waals surface area contributed by atoms with Gasteiger partial charge in [-0.3, -0.25) is 58.1 Å². The second-order valence-electron chi connectivity index (χ2n) is 33.3. The van der Waals surface area contributed by atoms with Crippen molar-refractivity contribution in [1.82, 2.24) is 119 Å². The van der Waals surface area contributed by atoms with Crippen LogP contribution in [0, 0.1) is 0 Å². The van der Waals surface area contributed by atoms with E-state index in [-0.39, 0.29) is 46.3 Å². The Bertz CT molecular complexity index is 6650. The minimum Gasteiger partial charge on any atom is -0.494 e. The summed E-state index contributed by atoms with van der Waals surface area (Å²) in [6, 6.07) is 35.6. The molecule has 0 amide bonds. The van der Waals surface area contributed by atoms with Gasteiger partial charge in [-0.05, 0) is 125 Å². The number of aromatic nitrogens is 24. The van der Waals surface area contributed by atoms with Gasteiger partial charge in [-0.15, -0.1) is 40.8 Å². The molecule has 0 aliphatic carbocycles. The van der Waals surface area contributed by atoms with Gasteiger partial charge in [-0.2, -0.15) is 0 Å². The molecule has 44 nitrogen and oxygen atoms in total. The third kappa shape index (κ3) is 24.6. The summed E-state index contributed by atoms with van der Waals surface area (Å²) >= 11 is 0. The average Bonchev–Trinajstić information content (AvgIpc) is 1.56. The second-order valence-corrected chi connectivity index (χ2v) is 42.7. The van der Waals surface area contributed by atoms with Gasteiger partial charge in [0.2, 0.25) is 23.5 Å². The molecule has 16 rings (SSSR count). The van der Waals surface area contributed by atoms with E-state index in [9.17, 15) is 33.7 Å². The number of methoxy groups -OCH3 is 12. The molecule has 0 N–H and O–H groups in total. The maximum Gasteiger partial charge on any atom is 0.231 e. The van der Waals surface area contributed by atoms with Gasteiger partial charge in [0.25, 0.3) is 0 Å². The van der Waals surface area contributed by atoms with Crippen LogP contribution in [0.15, 0.2) is 220 Å². The maximum absolute atomic E-state index is 13.6. The highest BCUT2D eigenvalue weighted by Gasteiger charge is 2.39. The van der Waals surface area contributed by atoms with Gasteiger partial charge in [0.1, 0.15) is 91.8 Å². The molecule has 0 saturated heterocycles. The van der Waals surface area contributed by atoms with E-state index in [1.54, 1.807) is 220 Å². The molecule has 12 aromatic heterocycles.